The van der Waals surface area contributed by atoms with Crippen molar-refractivity contribution in [2.45, 2.75) is 49.5 Å². The van der Waals surface area contributed by atoms with E-state index in [0.29, 0.717) is 18.6 Å². The molecule has 0 unspecified atom stereocenters. The number of aliphatic hydroxyl groups is 4. The van der Waals surface area contributed by atoms with E-state index in [1.165, 1.54) is 0 Å². The summed E-state index contributed by atoms with van der Waals surface area (Å²) in [4.78, 5) is 0. The summed E-state index contributed by atoms with van der Waals surface area (Å²) in [6.07, 6.45) is -4.11. The summed E-state index contributed by atoms with van der Waals surface area (Å²) in [7, 11) is 0. The summed E-state index contributed by atoms with van der Waals surface area (Å²) < 4.78 is 18.0. The van der Waals surface area contributed by atoms with Gasteiger partial charge in [-0.2, -0.15) is 0 Å². The molecule has 8 heteroatoms. The summed E-state index contributed by atoms with van der Waals surface area (Å²) in [6.45, 7) is 0.927. The first-order valence-electron chi connectivity index (χ1n) is 10.4. The van der Waals surface area contributed by atoms with Crippen molar-refractivity contribution >= 4 is 22.6 Å². The topological polar surface area (TPSA) is 109 Å². The van der Waals surface area contributed by atoms with Gasteiger partial charge in [-0.25, -0.2) is 0 Å². The molecule has 0 bridgehead atoms. The second-order valence-corrected chi connectivity index (χ2v) is 9.19. The fourth-order valence-electron chi connectivity index (χ4n) is 3.99. The number of benzene rings is 2. The minimum absolute atomic E-state index is 0.113. The van der Waals surface area contributed by atoms with Gasteiger partial charge >= 0.3 is 0 Å². The zero-order chi connectivity index (χ0) is 22.0. The number of halogens is 1. The third-order valence-corrected chi connectivity index (χ3v) is 6.85. The molecule has 0 saturated carbocycles. The summed E-state index contributed by atoms with van der Waals surface area (Å²) in [5, 5.41) is 40.0. The molecule has 4 rings (SSSR count). The normalized spacial score (nSPS) is 31.0. The van der Waals surface area contributed by atoms with Crippen LogP contribution in [-0.2, 0) is 15.9 Å². The van der Waals surface area contributed by atoms with Crippen LogP contribution in [0, 0.1) is 3.57 Å². The van der Waals surface area contributed by atoms with Crippen LogP contribution < -0.4 is 4.74 Å². The highest BCUT2D eigenvalue weighted by Gasteiger charge is 2.44. The Labute approximate surface area is 194 Å². The maximum Gasteiger partial charge on any atom is 0.124 e. The SMILES string of the molecule is OC[C@H]1O[C@@H](c2ccc(I)c(Cc3ccc(O[C@H]4CCOC4)cc3)c2)[C@H](O)[C@@H](O)[C@@H]1O. The van der Waals surface area contributed by atoms with E-state index in [9.17, 15) is 20.4 Å². The van der Waals surface area contributed by atoms with Crippen LogP contribution in [0.25, 0.3) is 0 Å². The predicted octanol–water partition coefficient (Wildman–Crippen LogP) is 1.56. The largest absolute Gasteiger partial charge is 0.488 e. The molecule has 0 aliphatic carbocycles. The van der Waals surface area contributed by atoms with E-state index in [1.807, 2.05) is 42.5 Å². The lowest BCUT2D eigenvalue weighted by Crippen LogP contribution is -2.55. The van der Waals surface area contributed by atoms with Crippen molar-refractivity contribution in [3.05, 3.63) is 62.7 Å². The Morgan fingerprint density at radius 2 is 1.77 bits per heavy atom. The second-order valence-electron chi connectivity index (χ2n) is 8.02. The zero-order valence-electron chi connectivity index (χ0n) is 16.9. The monoisotopic (exact) mass is 542 g/mol. The van der Waals surface area contributed by atoms with Crippen LogP contribution in [0.2, 0.25) is 0 Å². The average molecular weight is 542 g/mol. The quantitative estimate of drug-likeness (QED) is 0.411. The summed E-state index contributed by atoms with van der Waals surface area (Å²) >= 11 is 2.27. The standard InChI is InChI=1S/C23H27IO7/c24-18-6-3-14(23-22(28)21(27)20(26)19(11-25)31-23)10-15(18)9-13-1-4-16(5-2-13)30-17-7-8-29-12-17/h1-6,10,17,19-23,25-28H,7-9,11-12H2/t17-,19+,20+,21-,22+,23-/m0/s1. The van der Waals surface area contributed by atoms with Gasteiger partial charge in [-0.1, -0.05) is 24.3 Å². The van der Waals surface area contributed by atoms with Gasteiger partial charge in [-0.3, -0.25) is 0 Å². The smallest absolute Gasteiger partial charge is 0.124 e. The van der Waals surface area contributed by atoms with Crippen molar-refractivity contribution in [3.8, 4) is 5.75 Å². The Morgan fingerprint density at radius 1 is 1.00 bits per heavy atom. The van der Waals surface area contributed by atoms with Gasteiger partial charge in [-0.05, 0) is 63.9 Å². The molecule has 2 aromatic rings. The van der Waals surface area contributed by atoms with Gasteiger partial charge in [0.25, 0.3) is 0 Å². The molecule has 0 aromatic heterocycles. The van der Waals surface area contributed by atoms with Gasteiger partial charge in [0, 0.05) is 9.99 Å². The maximum absolute atomic E-state index is 10.4. The molecule has 6 atom stereocenters. The van der Waals surface area contributed by atoms with E-state index in [2.05, 4.69) is 22.6 Å². The molecular weight excluding hydrogens is 515 g/mol. The molecule has 168 valence electrons. The van der Waals surface area contributed by atoms with Gasteiger partial charge in [0.15, 0.2) is 0 Å². The average Bonchev–Trinajstić information content (AvgIpc) is 3.28. The number of ether oxygens (including phenoxy) is 3. The van der Waals surface area contributed by atoms with Crippen molar-refractivity contribution in [2.24, 2.45) is 0 Å². The van der Waals surface area contributed by atoms with Crippen LogP contribution in [-0.4, -0.2) is 70.8 Å². The molecule has 2 aliphatic heterocycles. The van der Waals surface area contributed by atoms with Crippen molar-refractivity contribution in [3.63, 3.8) is 0 Å². The highest BCUT2D eigenvalue weighted by atomic mass is 127. The van der Waals surface area contributed by atoms with Crippen LogP contribution in [0.1, 0.15) is 29.2 Å². The number of aliphatic hydroxyl groups excluding tert-OH is 4. The predicted molar refractivity (Wildman–Crippen MR) is 121 cm³/mol. The van der Waals surface area contributed by atoms with Gasteiger partial charge in [0.2, 0.25) is 0 Å². The van der Waals surface area contributed by atoms with E-state index in [4.69, 9.17) is 14.2 Å². The van der Waals surface area contributed by atoms with Crippen molar-refractivity contribution in [1.82, 2.24) is 0 Å². The fourth-order valence-corrected chi connectivity index (χ4v) is 4.51. The first kappa shape index (κ1) is 22.9. The summed E-state index contributed by atoms with van der Waals surface area (Å²) in [5.41, 5.74) is 2.85. The molecule has 2 heterocycles. The van der Waals surface area contributed by atoms with Crippen LogP contribution >= 0.6 is 22.6 Å². The molecule has 0 radical (unpaired) electrons. The highest BCUT2D eigenvalue weighted by molar-refractivity contribution is 14.1. The van der Waals surface area contributed by atoms with E-state index in [0.717, 1.165) is 33.5 Å². The Morgan fingerprint density at radius 3 is 2.45 bits per heavy atom. The van der Waals surface area contributed by atoms with E-state index in [-0.39, 0.29) is 6.10 Å². The van der Waals surface area contributed by atoms with Gasteiger partial charge in [0.05, 0.1) is 19.8 Å². The number of rotatable bonds is 6. The minimum Gasteiger partial charge on any atom is -0.488 e. The molecule has 2 saturated heterocycles. The Balaban J connectivity index is 1.49. The highest BCUT2D eigenvalue weighted by Crippen LogP contribution is 2.34. The Bertz CT molecular complexity index is 867. The van der Waals surface area contributed by atoms with Crippen LogP contribution in [0.3, 0.4) is 0 Å². The number of hydrogen-bond acceptors (Lipinski definition) is 7. The van der Waals surface area contributed by atoms with E-state index < -0.39 is 37.1 Å². The van der Waals surface area contributed by atoms with Gasteiger partial charge < -0.3 is 34.6 Å². The van der Waals surface area contributed by atoms with E-state index in [1.54, 1.807) is 0 Å². The van der Waals surface area contributed by atoms with Gasteiger partial charge in [-0.15, -0.1) is 0 Å². The fraction of sp³-hybridized carbons (Fsp3) is 0.478. The first-order chi connectivity index (χ1) is 15.0. The summed E-state index contributed by atoms with van der Waals surface area (Å²) in [5.74, 6) is 0.823. The molecule has 2 aliphatic rings. The molecule has 2 aromatic carbocycles. The molecule has 0 spiro atoms. The zero-order valence-corrected chi connectivity index (χ0v) is 19.1. The molecular formula is C23H27IO7. The minimum atomic E-state index is -1.39. The third-order valence-electron chi connectivity index (χ3n) is 5.80. The molecule has 2 fully saturated rings. The lowest BCUT2D eigenvalue weighted by Gasteiger charge is -2.40. The Kier molecular flexibility index (Phi) is 7.48. The molecule has 7 nitrogen and oxygen atoms in total. The maximum atomic E-state index is 10.4. The number of hydrogen-bond donors (Lipinski definition) is 4. The Hall–Kier alpha value is -1.27. The molecule has 4 N–H and O–H groups in total. The second kappa shape index (κ2) is 10.1. The van der Waals surface area contributed by atoms with Gasteiger partial charge in [0.1, 0.15) is 42.4 Å². The molecule has 31 heavy (non-hydrogen) atoms. The lowest BCUT2D eigenvalue weighted by molar-refractivity contribution is -0.231. The van der Waals surface area contributed by atoms with Crippen LogP contribution in [0.4, 0.5) is 0 Å². The lowest BCUT2D eigenvalue weighted by atomic mass is 9.90. The van der Waals surface area contributed by atoms with Crippen LogP contribution in [0.5, 0.6) is 5.75 Å². The van der Waals surface area contributed by atoms with Crippen molar-refractivity contribution < 1.29 is 34.6 Å². The first-order valence-corrected chi connectivity index (χ1v) is 11.5. The summed E-state index contributed by atoms with van der Waals surface area (Å²) in [6, 6.07) is 13.7. The van der Waals surface area contributed by atoms with E-state index >= 15 is 0 Å². The van der Waals surface area contributed by atoms with Crippen molar-refractivity contribution in [2.75, 3.05) is 19.8 Å². The third kappa shape index (κ3) is 5.22. The molecule has 0 amide bonds. The van der Waals surface area contributed by atoms with Crippen molar-refractivity contribution in [1.29, 1.82) is 0 Å². The van der Waals surface area contributed by atoms with Crippen LogP contribution in [0.15, 0.2) is 42.5 Å².